The van der Waals surface area contributed by atoms with Gasteiger partial charge in [-0.05, 0) is 25.3 Å². The maximum absolute atomic E-state index is 11.6. The van der Waals surface area contributed by atoms with Crippen molar-refractivity contribution in [3.63, 3.8) is 0 Å². The van der Waals surface area contributed by atoms with Gasteiger partial charge in [0.1, 0.15) is 6.10 Å². The molecule has 1 heterocycles. The highest BCUT2D eigenvalue weighted by atomic mass is 16.6. The molecule has 0 spiro atoms. The van der Waals surface area contributed by atoms with Crippen molar-refractivity contribution in [1.82, 2.24) is 0 Å². The normalized spacial score (nSPS) is 39.3. The Kier molecular flexibility index (Phi) is 3.92. The van der Waals surface area contributed by atoms with Crippen molar-refractivity contribution in [3.8, 4) is 0 Å². The van der Waals surface area contributed by atoms with Crippen molar-refractivity contribution in [2.24, 2.45) is 5.92 Å². The van der Waals surface area contributed by atoms with Gasteiger partial charge in [-0.1, -0.05) is 24.8 Å². The first kappa shape index (κ1) is 14.0. The summed E-state index contributed by atoms with van der Waals surface area (Å²) >= 11 is 0. The van der Waals surface area contributed by atoms with Crippen molar-refractivity contribution >= 4 is 5.97 Å². The Hall–Kier alpha value is -1.39. The van der Waals surface area contributed by atoms with Gasteiger partial charge in [0.25, 0.3) is 0 Å². The van der Waals surface area contributed by atoms with E-state index < -0.39 is 30.2 Å². The largest absolute Gasteiger partial charge is 0.458 e. The number of aliphatic hydroxyl groups excluding tert-OH is 2. The standard InChI is InChI=1S/C15H20O4/c1-8-4-5-11(16)9(2)7-13-14(12(17)6-8)10(3)15(18)19-13/h6,11-14,16-17H,2-5,7H2,1H3/b8-6-/t11-,12+,13-,14-/m0/s1. The van der Waals surface area contributed by atoms with Crippen LogP contribution >= 0.6 is 0 Å². The molecule has 0 aromatic carbocycles. The third-order valence-electron chi connectivity index (χ3n) is 3.89. The number of hydrogen-bond acceptors (Lipinski definition) is 4. The summed E-state index contributed by atoms with van der Waals surface area (Å²) in [5.41, 5.74) is 1.91. The van der Waals surface area contributed by atoms with Crippen LogP contribution in [0.2, 0.25) is 0 Å². The summed E-state index contributed by atoms with van der Waals surface area (Å²) in [6, 6.07) is 0. The molecule has 1 saturated heterocycles. The molecule has 2 aliphatic rings. The first-order chi connectivity index (χ1) is 8.90. The van der Waals surface area contributed by atoms with Crippen molar-refractivity contribution in [2.45, 2.75) is 44.5 Å². The molecule has 1 aliphatic heterocycles. The molecule has 0 amide bonds. The maximum atomic E-state index is 11.6. The van der Waals surface area contributed by atoms with Gasteiger partial charge < -0.3 is 14.9 Å². The number of carbonyl (C=O) groups is 1. The van der Waals surface area contributed by atoms with E-state index in [-0.39, 0.29) is 0 Å². The maximum Gasteiger partial charge on any atom is 0.334 e. The molecular weight excluding hydrogens is 244 g/mol. The van der Waals surface area contributed by atoms with E-state index in [1.807, 2.05) is 6.92 Å². The van der Waals surface area contributed by atoms with Crippen LogP contribution < -0.4 is 0 Å². The van der Waals surface area contributed by atoms with Crippen LogP contribution in [0.1, 0.15) is 26.2 Å². The zero-order valence-corrected chi connectivity index (χ0v) is 11.1. The quantitative estimate of drug-likeness (QED) is 0.395. The van der Waals surface area contributed by atoms with Gasteiger partial charge in [-0.25, -0.2) is 4.79 Å². The Balaban J connectivity index is 2.33. The Morgan fingerprint density at radius 1 is 1.37 bits per heavy atom. The average Bonchev–Trinajstić information content (AvgIpc) is 2.60. The number of aliphatic hydroxyl groups is 2. The number of ether oxygens (including phenoxy) is 1. The molecule has 0 aromatic heterocycles. The van der Waals surface area contributed by atoms with E-state index in [2.05, 4.69) is 13.2 Å². The average molecular weight is 264 g/mol. The van der Waals surface area contributed by atoms with Gasteiger partial charge >= 0.3 is 5.97 Å². The van der Waals surface area contributed by atoms with Crippen molar-refractivity contribution in [3.05, 3.63) is 36.0 Å². The second kappa shape index (κ2) is 5.31. The van der Waals surface area contributed by atoms with Crippen LogP contribution in [0.4, 0.5) is 0 Å². The lowest BCUT2D eigenvalue weighted by molar-refractivity contribution is -0.139. The Morgan fingerprint density at radius 3 is 2.74 bits per heavy atom. The number of fused-ring (bicyclic) bond motifs is 1. The number of hydrogen-bond donors (Lipinski definition) is 2. The Morgan fingerprint density at radius 2 is 2.05 bits per heavy atom. The summed E-state index contributed by atoms with van der Waals surface area (Å²) in [6.07, 6.45) is 1.47. The van der Waals surface area contributed by atoms with E-state index in [0.29, 0.717) is 30.4 Å². The molecule has 1 fully saturated rings. The molecular formula is C15H20O4. The minimum Gasteiger partial charge on any atom is -0.458 e. The lowest BCUT2D eigenvalue weighted by atomic mass is 9.84. The third-order valence-corrected chi connectivity index (χ3v) is 3.89. The summed E-state index contributed by atoms with van der Waals surface area (Å²) in [5.74, 6) is -0.925. The van der Waals surface area contributed by atoms with Crippen LogP contribution in [0, 0.1) is 5.92 Å². The fraction of sp³-hybridized carbons (Fsp3) is 0.533. The number of allylic oxidation sites excluding steroid dienone is 1. The SMILES string of the molecule is C=C1C(=O)O[C@H]2CC(=C)[C@@H](O)CC/C(C)=C\[C@@H](O)[C@H]12. The molecule has 2 N–H and O–H groups in total. The fourth-order valence-electron chi connectivity index (χ4n) is 2.68. The molecule has 4 heteroatoms. The molecule has 2 rings (SSSR count). The van der Waals surface area contributed by atoms with Gasteiger partial charge in [0, 0.05) is 12.0 Å². The molecule has 0 aromatic rings. The second-order valence-corrected chi connectivity index (χ2v) is 5.42. The van der Waals surface area contributed by atoms with Gasteiger partial charge in [-0.2, -0.15) is 0 Å². The summed E-state index contributed by atoms with van der Waals surface area (Å²) in [7, 11) is 0. The predicted molar refractivity (Wildman–Crippen MR) is 71.3 cm³/mol. The summed E-state index contributed by atoms with van der Waals surface area (Å²) in [6.45, 7) is 9.47. The number of esters is 1. The third kappa shape index (κ3) is 2.80. The Bertz CT molecular complexity index is 449. The van der Waals surface area contributed by atoms with E-state index in [1.165, 1.54) is 0 Å². The van der Waals surface area contributed by atoms with E-state index in [4.69, 9.17) is 4.74 Å². The molecule has 1 aliphatic carbocycles. The van der Waals surface area contributed by atoms with Gasteiger partial charge in [-0.3, -0.25) is 0 Å². The molecule has 4 atom stereocenters. The highest BCUT2D eigenvalue weighted by Crippen LogP contribution is 2.35. The monoisotopic (exact) mass is 264 g/mol. The van der Waals surface area contributed by atoms with Crippen LogP contribution in [0.3, 0.4) is 0 Å². The van der Waals surface area contributed by atoms with E-state index in [9.17, 15) is 15.0 Å². The number of carbonyl (C=O) groups excluding carboxylic acids is 1. The highest BCUT2D eigenvalue weighted by molar-refractivity contribution is 5.91. The Labute approximate surface area is 113 Å². The fourth-order valence-corrected chi connectivity index (χ4v) is 2.68. The smallest absolute Gasteiger partial charge is 0.334 e. The van der Waals surface area contributed by atoms with Crippen LogP contribution in [-0.4, -0.2) is 34.5 Å². The first-order valence-electron chi connectivity index (χ1n) is 6.51. The van der Waals surface area contributed by atoms with Gasteiger partial charge in [0.05, 0.1) is 18.1 Å². The summed E-state index contributed by atoms with van der Waals surface area (Å²) in [5, 5.41) is 20.2. The lowest BCUT2D eigenvalue weighted by Crippen LogP contribution is -2.30. The lowest BCUT2D eigenvalue weighted by Gasteiger charge is -2.25. The first-order valence-corrected chi connectivity index (χ1v) is 6.51. The zero-order chi connectivity index (χ0) is 14.2. The predicted octanol–water partition coefficient (Wildman–Crippen LogP) is 1.49. The number of rotatable bonds is 0. The molecule has 0 radical (unpaired) electrons. The molecule has 0 unspecified atom stereocenters. The molecule has 0 saturated carbocycles. The highest BCUT2D eigenvalue weighted by Gasteiger charge is 2.42. The molecule has 19 heavy (non-hydrogen) atoms. The minimum absolute atomic E-state index is 0.296. The van der Waals surface area contributed by atoms with Crippen LogP contribution in [0.25, 0.3) is 0 Å². The molecule has 4 nitrogen and oxygen atoms in total. The van der Waals surface area contributed by atoms with Gasteiger partial charge in [0.15, 0.2) is 0 Å². The summed E-state index contributed by atoms with van der Waals surface area (Å²) in [4.78, 5) is 11.6. The van der Waals surface area contributed by atoms with Crippen LogP contribution in [0.5, 0.6) is 0 Å². The van der Waals surface area contributed by atoms with E-state index >= 15 is 0 Å². The van der Waals surface area contributed by atoms with Crippen molar-refractivity contribution < 1.29 is 19.7 Å². The van der Waals surface area contributed by atoms with E-state index in [0.717, 1.165) is 5.57 Å². The minimum atomic E-state index is -0.785. The van der Waals surface area contributed by atoms with Gasteiger partial charge in [-0.15, -0.1) is 0 Å². The van der Waals surface area contributed by atoms with Crippen molar-refractivity contribution in [2.75, 3.05) is 0 Å². The molecule has 0 bridgehead atoms. The van der Waals surface area contributed by atoms with Gasteiger partial charge in [0.2, 0.25) is 0 Å². The second-order valence-electron chi connectivity index (χ2n) is 5.42. The molecule has 104 valence electrons. The van der Waals surface area contributed by atoms with E-state index in [1.54, 1.807) is 6.08 Å². The zero-order valence-electron chi connectivity index (χ0n) is 11.1. The topological polar surface area (TPSA) is 66.8 Å². The van der Waals surface area contributed by atoms with Crippen LogP contribution in [-0.2, 0) is 9.53 Å². The van der Waals surface area contributed by atoms with Crippen molar-refractivity contribution in [1.29, 1.82) is 0 Å². The van der Waals surface area contributed by atoms with Crippen LogP contribution in [0.15, 0.2) is 36.0 Å². The summed E-state index contributed by atoms with van der Waals surface area (Å²) < 4.78 is 5.23.